The lowest BCUT2D eigenvalue weighted by Gasteiger charge is -2.45. The van der Waals surface area contributed by atoms with E-state index in [1.165, 1.54) is 24.8 Å². The number of para-hydroxylation sites is 1. The second kappa shape index (κ2) is 5.16. The summed E-state index contributed by atoms with van der Waals surface area (Å²) < 4.78 is 0. The molecule has 0 bridgehead atoms. The zero-order valence-electron chi connectivity index (χ0n) is 12.8. The van der Waals surface area contributed by atoms with Crippen LogP contribution in [-0.4, -0.2) is 6.04 Å². The minimum Gasteiger partial charge on any atom is -0.398 e. The maximum atomic E-state index is 6.00. The third kappa shape index (κ3) is 3.97. The highest BCUT2D eigenvalue weighted by Crippen LogP contribution is 2.45. The summed E-state index contributed by atoms with van der Waals surface area (Å²) in [5.74, 6) is 0. The van der Waals surface area contributed by atoms with Crippen LogP contribution in [0.5, 0.6) is 0 Å². The van der Waals surface area contributed by atoms with Gasteiger partial charge in [-0.3, -0.25) is 0 Å². The summed E-state index contributed by atoms with van der Waals surface area (Å²) in [5, 5.41) is 3.71. The third-order valence-electron chi connectivity index (χ3n) is 4.19. The van der Waals surface area contributed by atoms with Crippen LogP contribution in [0.4, 0.5) is 5.69 Å². The Morgan fingerprint density at radius 1 is 1.11 bits per heavy atom. The molecule has 0 unspecified atom stereocenters. The number of anilines is 1. The Balaban J connectivity index is 1.98. The summed E-state index contributed by atoms with van der Waals surface area (Å²) in [6.45, 7) is 10.4. The van der Waals surface area contributed by atoms with Crippen LogP contribution in [-0.2, 0) is 6.54 Å². The van der Waals surface area contributed by atoms with E-state index in [0.717, 1.165) is 12.2 Å². The molecule has 0 heterocycles. The SMILES string of the molecule is CC1(C)CC(NCc2ccccc2N)CC(C)(C)C1. The van der Waals surface area contributed by atoms with Gasteiger partial charge in [0.15, 0.2) is 0 Å². The summed E-state index contributed by atoms with van der Waals surface area (Å²) in [5.41, 5.74) is 8.97. The highest BCUT2D eigenvalue weighted by molar-refractivity contribution is 5.46. The smallest absolute Gasteiger partial charge is 0.0359 e. The molecular formula is C17H28N2. The molecule has 0 saturated heterocycles. The fraction of sp³-hybridized carbons (Fsp3) is 0.647. The summed E-state index contributed by atoms with van der Waals surface area (Å²) in [4.78, 5) is 0. The van der Waals surface area contributed by atoms with Gasteiger partial charge >= 0.3 is 0 Å². The first-order valence-electron chi connectivity index (χ1n) is 7.34. The number of rotatable bonds is 3. The van der Waals surface area contributed by atoms with Crippen LogP contribution in [0.15, 0.2) is 24.3 Å². The molecule has 106 valence electrons. The van der Waals surface area contributed by atoms with Crippen molar-refractivity contribution >= 4 is 5.69 Å². The van der Waals surface area contributed by atoms with Crippen LogP contribution >= 0.6 is 0 Å². The second-order valence-corrected chi connectivity index (χ2v) is 7.69. The van der Waals surface area contributed by atoms with Crippen LogP contribution in [0.1, 0.15) is 52.5 Å². The Labute approximate surface area is 117 Å². The average molecular weight is 260 g/mol. The molecule has 1 aliphatic carbocycles. The van der Waals surface area contributed by atoms with Gasteiger partial charge in [0, 0.05) is 18.3 Å². The first kappa shape index (κ1) is 14.4. The molecule has 1 fully saturated rings. The van der Waals surface area contributed by atoms with E-state index in [4.69, 9.17) is 5.73 Å². The standard InChI is InChI=1S/C17H28N2/c1-16(2)9-14(10-17(3,4)12-16)19-11-13-7-5-6-8-15(13)18/h5-8,14,19H,9-12,18H2,1-4H3. The normalized spacial score (nSPS) is 22.3. The summed E-state index contributed by atoms with van der Waals surface area (Å²) in [6.07, 6.45) is 3.82. The third-order valence-corrected chi connectivity index (χ3v) is 4.19. The number of hydrogen-bond acceptors (Lipinski definition) is 2. The maximum absolute atomic E-state index is 6.00. The largest absolute Gasteiger partial charge is 0.398 e. The molecule has 19 heavy (non-hydrogen) atoms. The fourth-order valence-electron chi connectivity index (χ4n) is 3.94. The monoisotopic (exact) mass is 260 g/mol. The summed E-state index contributed by atoms with van der Waals surface area (Å²) in [7, 11) is 0. The van der Waals surface area contributed by atoms with E-state index < -0.39 is 0 Å². The first-order valence-corrected chi connectivity index (χ1v) is 7.34. The summed E-state index contributed by atoms with van der Waals surface area (Å²) in [6, 6.07) is 8.74. The van der Waals surface area contributed by atoms with Crippen molar-refractivity contribution in [3.8, 4) is 0 Å². The Bertz CT molecular complexity index is 419. The average Bonchev–Trinajstić information content (AvgIpc) is 2.23. The predicted octanol–water partition coefficient (Wildman–Crippen LogP) is 3.96. The lowest BCUT2D eigenvalue weighted by atomic mass is 9.63. The van der Waals surface area contributed by atoms with Gasteiger partial charge in [-0.05, 0) is 41.7 Å². The predicted molar refractivity (Wildman–Crippen MR) is 82.9 cm³/mol. The Morgan fingerprint density at radius 3 is 2.26 bits per heavy atom. The van der Waals surface area contributed by atoms with Crippen molar-refractivity contribution < 1.29 is 0 Å². The minimum absolute atomic E-state index is 0.432. The van der Waals surface area contributed by atoms with Gasteiger partial charge in [0.05, 0.1) is 0 Å². The molecule has 2 nitrogen and oxygen atoms in total. The molecule has 1 aromatic rings. The van der Waals surface area contributed by atoms with Crippen LogP contribution in [0.3, 0.4) is 0 Å². The molecule has 2 heteroatoms. The highest BCUT2D eigenvalue weighted by Gasteiger charge is 2.38. The quantitative estimate of drug-likeness (QED) is 0.807. The van der Waals surface area contributed by atoms with E-state index in [0.29, 0.717) is 16.9 Å². The van der Waals surface area contributed by atoms with Crippen molar-refractivity contribution in [2.75, 3.05) is 5.73 Å². The van der Waals surface area contributed by atoms with Crippen LogP contribution in [0, 0.1) is 10.8 Å². The van der Waals surface area contributed by atoms with Crippen molar-refractivity contribution in [2.45, 2.75) is 59.5 Å². The minimum atomic E-state index is 0.432. The van der Waals surface area contributed by atoms with E-state index in [1.54, 1.807) is 0 Å². The molecule has 0 aliphatic heterocycles. The number of benzene rings is 1. The van der Waals surface area contributed by atoms with Crippen molar-refractivity contribution in [3.05, 3.63) is 29.8 Å². The van der Waals surface area contributed by atoms with Crippen molar-refractivity contribution in [3.63, 3.8) is 0 Å². The molecule has 0 radical (unpaired) electrons. The maximum Gasteiger partial charge on any atom is 0.0359 e. The lowest BCUT2D eigenvalue weighted by molar-refractivity contribution is 0.0845. The van der Waals surface area contributed by atoms with Gasteiger partial charge < -0.3 is 11.1 Å². The number of hydrogen-bond donors (Lipinski definition) is 2. The zero-order chi connectivity index (χ0) is 14.1. The Hall–Kier alpha value is -1.02. The molecule has 1 aliphatic rings. The zero-order valence-corrected chi connectivity index (χ0v) is 12.8. The van der Waals surface area contributed by atoms with E-state index in [2.05, 4.69) is 45.1 Å². The molecule has 3 N–H and O–H groups in total. The van der Waals surface area contributed by atoms with Gasteiger partial charge in [0.25, 0.3) is 0 Å². The van der Waals surface area contributed by atoms with Crippen LogP contribution in [0.25, 0.3) is 0 Å². The summed E-state index contributed by atoms with van der Waals surface area (Å²) >= 11 is 0. The van der Waals surface area contributed by atoms with E-state index in [1.807, 2.05) is 12.1 Å². The van der Waals surface area contributed by atoms with Gasteiger partial charge in [0.1, 0.15) is 0 Å². The Kier molecular flexibility index (Phi) is 3.91. The molecule has 1 aromatic carbocycles. The van der Waals surface area contributed by atoms with Crippen molar-refractivity contribution in [1.29, 1.82) is 0 Å². The number of nitrogen functional groups attached to an aromatic ring is 1. The highest BCUT2D eigenvalue weighted by atomic mass is 14.9. The van der Waals surface area contributed by atoms with Crippen LogP contribution < -0.4 is 11.1 Å². The van der Waals surface area contributed by atoms with Crippen LogP contribution in [0.2, 0.25) is 0 Å². The molecule has 1 saturated carbocycles. The molecule has 0 atom stereocenters. The van der Waals surface area contributed by atoms with E-state index in [9.17, 15) is 0 Å². The van der Waals surface area contributed by atoms with E-state index >= 15 is 0 Å². The topological polar surface area (TPSA) is 38.0 Å². The molecule has 2 rings (SSSR count). The molecule has 0 spiro atoms. The van der Waals surface area contributed by atoms with Gasteiger partial charge in [-0.2, -0.15) is 0 Å². The first-order chi connectivity index (χ1) is 8.77. The van der Waals surface area contributed by atoms with Crippen molar-refractivity contribution in [2.24, 2.45) is 10.8 Å². The molecule has 0 amide bonds. The van der Waals surface area contributed by atoms with Gasteiger partial charge in [0.2, 0.25) is 0 Å². The van der Waals surface area contributed by atoms with Gasteiger partial charge in [-0.25, -0.2) is 0 Å². The van der Waals surface area contributed by atoms with E-state index in [-0.39, 0.29) is 0 Å². The van der Waals surface area contributed by atoms with Crippen molar-refractivity contribution in [1.82, 2.24) is 5.32 Å². The Morgan fingerprint density at radius 2 is 1.68 bits per heavy atom. The second-order valence-electron chi connectivity index (χ2n) is 7.69. The number of nitrogens with one attached hydrogen (secondary N) is 1. The van der Waals surface area contributed by atoms with Gasteiger partial charge in [-0.15, -0.1) is 0 Å². The number of nitrogens with two attached hydrogens (primary N) is 1. The van der Waals surface area contributed by atoms with Gasteiger partial charge in [-0.1, -0.05) is 45.9 Å². The fourth-order valence-corrected chi connectivity index (χ4v) is 3.94. The molecular weight excluding hydrogens is 232 g/mol. The molecule has 0 aromatic heterocycles. The lowest BCUT2D eigenvalue weighted by Crippen LogP contribution is -2.43.